The van der Waals surface area contributed by atoms with Gasteiger partial charge in [-0.05, 0) is 36.8 Å². The molecular weight excluding hydrogens is 484 g/mol. The Hall–Kier alpha value is -4.52. The molecule has 0 aliphatic rings. The lowest BCUT2D eigenvalue weighted by molar-refractivity contribution is -0.538. The molecular formula is C33H31N4O2+. The Morgan fingerprint density at radius 2 is 1.49 bits per heavy atom. The highest BCUT2D eigenvalue weighted by atomic mass is 16.3. The highest BCUT2D eigenvalue weighted by Crippen LogP contribution is 2.34. The molecule has 6 rings (SSSR count). The fraction of sp³-hybridized carbons (Fsp3) is 0.152. The zero-order chi connectivity index (χ0) is 26.8. The lowest BCUT2D eigenvalue weighted by Gasteiger charge is -2.22. The molecule has 0 bridgehead atoms. The van der Waals surface area contributed by atoms with Gasteiger partial charge in [0.1, 0.15) is 11.0 Å². The number of para-hydroxylation sites is 1. The van der Waals surface area contributed by atoms with E-state index in [2.05, 4.69) is 89.6 Å². The number of hydrogen-bond donors (Lipinski definition) is 3. The first kappa shape index (κ1) is 24.8. The van der Waals surface area contributed by atoms with Gasteiger partial charge in [0.15, 0.2) is 0 Å². The van der Waals surface area contributed by atoms with Gasteiger partial charge in [-0.25, -0.2) is 4.98 Å². The Kier molecular flexibility index (Phi) is 6.80. The van der Waals surface area contributed by atoms with E-state index in [1.54, 1.807) is 0 Å². The molecule has 39 heavy (non-hydrogen) atoms. The van der Waals surface area contributed by atoms with Crippen LogP contribution >= 0.6 is 0 Å². The quantitative estimate of drug-likeness (QED) is 0.139. The van der Waals surface area contributed by atoms with Crippen molar-refractivity contribution in [2.75, 3.05) is 36.5 Å². The number of rotatable bonds is 8. The number of aliphatic hydroxyl groups is 2. The van der Waals surface area contributed by atoms with E-state index in [0.717, 1.165) is 55.6 Å². The minimum Gasteiger partial charge on any atom is -0.395 e. The van der Waals surface area contributed by atoms with Gasteiger partial charge in [-0.1, -0.05) is 54.6 Å². The number of aromatic nitrogens is 2. The van der Waals surface area contributed by atoms with Gasteiger partial charge in [-0.3, -0.25) is 0 Å². The minimum absolute atomic E-state index is 0.00662. The van der Waals surface area contributed by atoms with Crippen molar-refractivity contribution in [3.63, 3.8) is 0 Å². The van der Waals surface area contributed by atoms with Gasteiger partial charge < -0.3 is 20.4 Å². The number of aliphatic hydroxyl groups excluding tert-OH is 2. The lowest BCUT2D eigenvalue weighted by Crippen LogP contribution is -2.34. The summed E-state index contributed by atoms with van der Waals surface area (Å²) in [5, 5.41) is 25.1. The van der Waals surface area contributed by atoms with E-state index >= 15 is 0 Å². The van der Waals surface area contributed by atoms with Crippen molar-refractivity contribution in [2.45, 2.75) is 6.92 Å². The van der Waals surface area contributed by atoms with Crippen LogP contribution in [0.2, 0.25) is 0 Å². The highest BCUT2D eigenvalue weighted by molar-refractivity contribution is 6.11. The van der Waals surface area contributed by atoms with Crippen molar-refractivity contribution in [2.24, 2.45) is 0 Å². The molecule has 0 fully saturated rings. The van der Waals surface area contributed by atoms with Crippen LogP contribution in [-0.2, 0) is 0 Å². The average Bonchev–Trinajstić information content (AvgIpc) is 2.96. The fourth-order valence-electron chi connectivity index (χ4n) is 5.31. The van der Waals surface area contributed by atoms with Gasteiger partial charge in [0.2, 0.25) is 16.7 Å². The Morgan fingerprint density at radius 3 is 2.23 bits per heavy atom. The summed E-state index contributed by atoms with van der Waals surface area (Å²) >= 11 is 0. The predicted octanol–water partition coefficient (Wildman–Crippen LogP) is 5.66. The van der Waals surface area contributed by atoms with Crippen LogP contribution in [0.4, 0.5) is 17.1 Å². The number of benzene rings is 5. The van der Waals surface area contributed by atoms with E-state index in [1.165, 1.54) is 5.56 Å². The van der Waals surface area contributed by atoms with Crippen molar-refractivity contribution in [1.82, 2.24) is 4.98 Å². The van der Waals surface area contributed by atoms with Gasteiger partial charge in [0.05, 0.1) is 18.9 Å². The van der Waals surface area contributed by atoms with Crippen LogP contribution in [0.1, 0.15) is 5.56 Å². The molecule has 0 saturated heterocycles. The molecule has 6 nitrogen and oxygen atoms in total. The Bertz CT molecular complexity index is 1780. The van der Waals surface area contributed by atoms with Crippen molar-refractivity contribution >= 4 is 49.9 Å². The summed E-state index contributed by atoms with van der Waals surface area (Å²) in [6, 6.07) is 35.4. The second-order valence-electron chi connectivity index (χ2n) is 9.72. The highest BCUT2D eigenvalue weighted by Gasteiger charge is 2.23. The zero-order valence-corrected chi connectivity index (χ0v) is 21.9. The number of nitrogens with one attached hydrogen (secondary N) is 1. The largest absolute Gasteiger partial charge is 0.395 e. The standard InChI is InChI=1S/C33H30N4O2/c1-23-8-7-9-24(20-23)34-30-22-32-33(28-13-6-5-12-27(28)30)35-29-15-14-26(36(16-18-38)17-19-39)21-31(29)37(32)25-10-3-2-4-11-25/h2-15,20-22,38-39H,16-19H2,1H3/p+1. The van der Waals surface area contributed by atoms with E-state index in [-0.39, 0.29) is 13.2 Å². The molecule has 1 aromatic heterocycles. The van der Waals surface area contributed by atoms with E-state index < -0.39 is 0 Å². The Morgan fingerprint density at radius 1 is 0.744 bits per heavy atom. The number of nitrogens with zero attached hydrogens (tertiary/aromatic N) is 3. The minimum atomic E-state index is 0.00662. The van der Waals surface area contributed by atoms with E-state index in [4.69, 9.17) is 4.98 Å². The van der Waals surface area contributed by atoms with Crippen LogP contribution in [0.15, 0.2) is 103 Å². The molecule has 3 N–H and O–H groups in total. The van der Waals surface area contributed by atoms with Crippen LogP contribution in [0.5, 0.6) is 0 Å². The van der Waals surface area contributed by atoms with Crippen LogP contribution in [-0.4, -0.2) is 41.5 Å². The molecule has 5 aromatic carbocycles. The Balaban J connectivity index is 1.68. The third kappa shape index (κ3) is 4.76. The molecule has 0 amide bonds. The average molecular weight is 516 g/mol. The molecule has 0 radical (unpaired) electrons. The van der Waals surface area contributed by atoms with Gasteiger partial charge in [-0.15, -0.1) is 4.57 Å². The van der Waals surface area contributed by atoms with E-state index in [0.29, 0.717) is 13.1 Å². The van der Waals surface area contributed by atoms with E-state index in [9.17, 15) is 10.2 Å². The molecule has 0 saturated carbocycles. The molecule has 0 atom stereocenters. The lowest BCUT2D eigenvalue weighted by atomic mass is 10.0. The van der Waals surface area contributed by atoms with Crippen molar-refractivity contribution in [1.29, 1.82) is 0 Å². The first-order chi connectivity index (χ1) is 19.2. The van der Waals surface area contributed by atoms with Gasteiger partial charge in [0, 0.05) is 59.5 Å². The summed E-state index contributed by atoms with van der Waals surface area (Å²) in [6.07, 6.45) is 0. The monoisotopic (exact) mass is 515 g/mol. The summed E-state index contributed by atoms with van der Waals surface area (Å²) in [4.78, 5) is 7.17. The van der Waals surface area contributed by atoms with Crippen molar-refractivity contribution < 1.29 is 14.8 Å². The van der Waals surface area contributed by atoms with Gasteiger partial charge in [0.25, 0.3) is 0 Å². The predicted molar refractivity (Wildman–Crippen MR) is 159 cm³/mol. The molecule has 6 aromatic rings. The second kappa shape index (κ2) is 10.7. The normalized spacial score (nSPS) is 11.4. The summed E-state index contributed by atoms with van der Waals surface area (Å²) in [6.45, 7) is 2.98. The van der Waals surface area contributed by atoms with Crippen molar-refractivity contribution in [3.8, 4) is 5.69 Å². The maximum absolute atomic E-state index is 9.63. The molecule has 0 spiro atoms. The van der Waals surface area contributed by atoms with E-state index in [1.807, 2.05) is 35.2 Å². The summed E-state index contributed by atoms with van der Waals surface area (Å²) in [5.74, 6) is 0. The van der Waals surface area contributed by atoms with Crippen LogP contribution in [0.25, 0.3) is 38.5 Å². The number of fused-ring (bicyclic) bond motifs is 4. The van der Waals surface area contributed by atoms with Crippen LogP contribution in [0.3, 0.4) is 0 Å². The molecule has 6 heteroatoms. The maximum Gasteiger partial charge on any atom is 0.240 e. The van der Waals surface area contributed by atoms with Crippen LogP contribution < -0.4 is 14.8 Å². The molecule has 0 aliphatic carbocycles. The van der Waals surface area contributed by atoms with Crippen LogP contribution in [0, 0.1) is 6.92 Å². The molecule has 1 heterocycles. The topological polar surface area (TPSA) is 72.5 Å². The molecule has 0 aliphatic heterocycles. The third-order valence-electron chi connectivity index (χ3n) is 7.09. The fourth-order valence-corrected chi connectivity index (χ4v) is 5.31. The molecule has 0 unspecified atom stereocenters. The van der Waals surface area contributed by atoms with Crippen molar-refractivity contribution in [3.05, 3.63) is 109 Å². The smallest absolute Gasteiger partial charge is 0.240 e. The third-order valence-corrected chi connectivity index (χ3v) is 7.09. The summed E-state index contributed by atoms with van der Waals surface area (Å²) < 4.78 is 2.26. The van der Waals surface area contributed by atoms with Gasteiger partial charge >= 0.3 is 0 Å². The first-order valence-electron chi connectivity index (χ1n) is 13.2. The maximum atomic E-state index is 9.63. The first-order valence-corrected chi connectivity index (χ1v) is 13.2. The number of hydrogen-bond acceptors (Lipinski definition) is 5. The summed E-state index contributed by atoms with van der Waals surface area (Å²) in [5.41, 5.74) is 8.91. The summed E-state index contributed by atoms with van der Waals surface area (Å²) in [7, 11) is 0. The Labute approximate surface area is 227 Å². The zero-order valence-electron chi connectivity index (χ0n) is 21.9. The number of anilines is 3. The SMILES string of the molecule is Cc1cccc(Nc2cc3c(nc4ccc(N(CCO)CCO)cc4[n+]3-c3ccccc3)c3ccccc23)c1. The molecule has 194 valence electrons. The van der Waals surface area contributed by atoms with Gasteiger partial charge in [-0.2, -0.15) is 0 Å². The number of aryl methyl sites for hydroxylation is 1. The second-order valence-corrected chi connectivity index (χ2v) is 9.72.